The molecule has 3 heteroatoms. The second-order valence-electron chi connectivity index (χ2n) is 6.21. The van der Waals surface area contributed by atoms with Crippen LogP contribution in [-0.2, 0) is 4.79 Å². The van der Waals surface area contributed by atoms with Crippen LogP contribution in [0.5, 0.6) is 0 Å². The summed E-state index contributed by atoms with van der Waals surface area (Å²) in [5.74, 6) is -0.630. The van der Waals surface area contributed by atoms with Gasteiger partial charge in [-0.05, 0) is 32.4 Å². The van der Waals surface area contributed by atoms with Gasteiger partial charge in [-0.1, -0.05) is 64.7 Å². The van der Waals surface area contributed by atoms with Crippen LogP contribution in [0.1, 0.15) is 84.0 Å². The van der Waals surface area contributed by atoms with Crippen molar-refractivity contribution in [2.45, 2.75) is 90.0 Å². The van der Waals surface area contributed by atoms with E-state index in [1.807, 2.05) is 0 Å². The average Bonchev–Trinajstić information content (AvgIpc) is 2.89. The van der Waals surface area contributed by atoms with Crippen LogP contribution in [0.25, 0.3) is 0 Å². The van der Waals surface area contributed by atoms with Gasteiger partial charge in [0.15, 0.2) is 0 Å². The van der Waals surface area contributed by atoms with Gasteiger partial charge in [0, 0.05) is 0 Å². The number of likely N-dealkylation sites (tertiary alicyclic amines) is 1. The molecule has 3 nitrogen and oxygen atoms in total. The van der Waals surface area contributed by atoms with Gasteiger partial charge in [-0.15, -0.1) is 0 Å². The molecule has 0 amide bonds. The summed E-state index contributed by atoms with van der Waals surface area (Å²) in [6.07, 6.45) is 15.3. The Balaban J connectivity index is 1.88. The maximum Gasteiger partial charge on any atom is 0.320 e. The Bertz CT molecular complexity index is 255. The zero-order valence-electron chi connectivity index (χ0n) is 13.3. The summed E-state index contributed by atoms with van der Waals surface area (Å²) < 4.78 is 0. The second kappa shape index (κ2) is 11.1. The summed E-state index contributed by atoms with van der Waals surface area (Å²) in [5, 5.41) is 9.10. The SMILES string of the molecule is CCCCCCCCCCCCN1CCCC1C(=O)O. The Morgan fingerprint density at radius 2 is 1.55 bits per heavy atom. The molecule has 0 aromatic heterocycles. The highest BCUT2D eigenvalue weighted by Crippen LogP contribution is 2.18. The molecular formula is C17H33NO2. The van der Waals surface area contributed by atoms with Crippen molar-refractivity contribution in [3.8, 4) is 0 Å². The van der Waals surface area contributed by atoms with E-state index in [-0.39, 0.29) is 6.04 Å². The number of rotatable bonds is 12. The molecule has 1 saturated heterocycles. The first-order chi connectivity index (χ1) is 9.75. The lowest BCUT2D eigenvalue weighted by atomic mass is 10.1. The number of carboxylic acid groups (broad SMARTS) is 1. The Morgan fingerprint density at radius 3 is 2.10 bits per heavy atom. The fourth-order valence-electron chi connectivity index (χ4n) is 3.18. The fraction of sp³-hybridized carbons (Fsp3) is 0.941. The number of carbonyl (C=O) groups is 1. The monoisotopic (exact) mass is 283 g/mol. The quantitative estimate of drug-likeness (QED) is 0.538. The third-order valence-electron chi connectivity index (χ3n) is 4.45. The number of unbranched alkanes of at least 4 members (excludes halogenated alkanes) is 9. The third-order valence-corrected chi connectivity index (χ3v) is 4.45. The first-order valence-electron chi connectivity index (χ1n) is 8.72. The zero-order chi connectivity index (χ0) is 14.6. The van der Waals surface area contributed by atoms with E-state index in [1.165, 1.54) is 64.2 Å². The predicted molar refractivity (Wildman–Crippen MR) is 84.1 cm³/mol. The van der Waals surface area contributed by atoms with E-state index in [2.05, 4.69) is 11.8 Å². The van der Waals surface area contributed by atoms with Gasteiger partial charge >= 0.3 is 5.97 Å². The molecule has 1 N–H and O–H groups in total. The summed E-state index contributed by atoms with van der Waals surface area (Å²) in [6.45, 7) is 4.22. The minimum absolute atomic E-state index is 0.200. The number of hydrogen-bond donors (Lipinski definition) is 1. The fourth-order valence-corrected chi connectivity index (χ4v) is 3.18. The Kier molecular flexibility index (Phi) is 9.73. The predicted octanol–water partition coefficient (Wildman–Crippen LogP) is 4.46. The highest BCUT2D eigenvalue weighted by molar-refractivity contribution is 5.73. The Morgan fingerprint density at radius 1 is 1.00 bits per heavy atom. The van der Waals surface area contributed by atoms with Crippen LogP contribution >= 0.6 is 0 Å². The molecule has 0 aliphatic carbocycles. The minimum Gasteiger partial charge on any atom is -0.480 e. The van der Waals surface area contributed by atoms with Gasteiger partial charge in [0.05, 0.1) is 0 Å². The molecule has 1 aliphatic heterocycles. The van der Waals surface area contributed by atoms with E-state index in [1.54, 1.807) is 0 Å². The van der Waals surface area contributed by atoms with Gasteiger partial charge in [-0.3, -0.25) is 9.69 Å². The van der Waals surface area contributed by atoms with Gasteiger partial charge in [0.2, 0.25) is 0 Å². The maximum absolute atomic E-state index is 11.1. The number of aliphatic carboxylic acids is 1. The minimum atomic E-state index is -0.630. The van der Waals surface area contributed by atoms with Crippen molar-refractivity contribution in [2.24, 2.45) is 0 Å². The van der Waals surface area contributed by atoms with Gasteiger partial charge in [-0.2, -0.15) is 0 Å². The lowest BCUT2D eigenvalue weighted by Gasteiger charge is -2.20. The van der Waals surface area contributed by atoms with Gasteiger partial charge in [-0.25, -0.2) is 0 Å². The molecule has 1 aliphatic rings. The number of carboxylic acids is 1. The molecule has 118 valence electrons. The van der Waals surface area contributed by atoms with Crippen molar-refractivity contribution in [1.82, 2.24) is 4.90 Å². The van der Waals surface area contributed by atoms with Crippen LogP contribution in [0.15, 0.2) is 0 Å². The Hall–Kier alpha value is -0.570. The molecule has 0 aromatic carbocycles. The van der Waals surface area contributed by atoms with E-state index < -0.39 is 5.97 Å². The van der Waals surface area contributed by atoms with E-state index >= 15 is 0 Å². The van der Waals surface area contributed by atoms with Crippen LogP contribution in [0.2, 0.25) is 0 Å². The van der Waals surface area contributed by atoms with Crippen molar-refractivity contribution in [2.75, 3.05) is 13.1 Å². The highest BCUT2D eigenvalue weighted by atomic mass is 16.4. The molecule has 20 heavy (non-hydrogen) atoms. The zero-order valence-corrected chi connectivity index (χ0v) is 13.3. The maximum atomic E-state index is 11.1. The molecule has 1 heterocycles. The van der Waals surface area contributed by atoms with E-state index in [9.17, 15) is 4.79 Å². The van der Waals surface area contributed by atoms with Crippen molar-refractivity contribution in [3.05, 3.63) is 0 Å². The molecule has 1 fully saturated rings. The van der Waals surface area contributed by atoms with E-state index in [0.717, 1.165) is 25.9 Å². The smallest absolute Gasteiger partial charge is 0.320 e. The topological polar surface area (TPSA) is 40.5 Å². The molecule has 0 saturated carbocycles. The first kappa shape index (κ1) is 17.5. The van der Waals surface area contributed by atoms with Gasteiger partial charge in [0.1, 0.15) is 6.04 Å². The lowest BCUT2D eigenvalue weighted by molar-refractivity contribution is -0.142. The number of nitrogens with zero attached hydrogens (tertiary/aromatic N) is 1. The molecule has 1 rings (SSSR count). The summed E-state index contributed by atoms with van der Waals surface area (Å²) in [7, 11) is 0. The number of hydrogen-bond acceptors (Lipinski definition) is 2. The van der Waals surface area contributed by atoms with Crippen molar-refractivity contribution in [1.29, 1.82) is 0 Å². The third kappa shape index (κ3) is 7.28. The normalized spacial score (nSPS) is 19.6. The standard InChI is InChI=1S/C17H33NO2/c1-2-3-4-5-6-7-8-9-10-11-14-18-15-12-13-16(18)17(19)20/h16H,2-15H2,1H3,(H,19,20). The van der Waals surface area contributed by atoms with E-state index in [4.69, 9.17) is 5.11 Å². The molecular weight excluding hydrogens is 250 g/mol. The molecule has 0 spiro atoms. The van der Waals surface area contributed by atoms with Crippen LogP contribution < -0.4 is 0 Å². The lowest BCUT2D eigenvalue weighted by Crippen LogP contribution is -2.36. The van der Waals surface area contributed by atoms with Gasteiger partial charge in [0.25, 0.3) is 0 Å². The summed E-state index contributed by atoms with van der Waals surface area (Å²) >= 11 is 0. The summed E-state index contributed by atoms with van der Waals surface area (Å²) in [5.41, 5.74) is 0. The van der Waals surface area contributed by atoms with E-state index in [0.29, 0.717) is 0 Å². The second-order valence-corrected chi connectivity index (χ2v) is 6.21. The largest absolute Gasteiger partial charge is 0.480 e. The highest BCUT2D eigenvalue weighted by Gasteiger charge is 2.29. The van der Waals surface area contributed by atoms with Gasteiger partial charge < -0.3 is 5.11 Å². The van der Waals surface area contributed by atoms with Crippen molar-refractivity contribution in [3.63, 3.8) is 0 Å². The Labute approximate surface area is 124 Å². The molecule has 0 radical (unpaired) electrons. The van der Waals surface area contributed by atoms with Crippen molar-refractivity contribution >= 4 is 5.97 Å². The van der Waals surface area contributed by atoms with Crippen LogP contribution in [0, 0.1) is 0 Å². The van der Waals surface area contributed by atoms with Crippen molar-refractivity contribution < 1.29 is 9.90 Å². The van der Waals surface area contributed by atoms with Crippen LogP contribution in [-0.4, -0.2) is 35.1 Å². The average molecular weight is 283 g/mol. The van der Waals surface area contributed by atoms with Crippen LogP contribution in [0.3, 0.4) is 0 Å². The van der Waals surface area contributed by atoms with Crippen LogP contribution in [0.4, 0.5) is 0 Å². The molecule has 1 unspecified atom stereocenters. The molecule has 0 aromatic rings. The molecule has 1 atom stereocenters. The summed E-state index contributed by atoms with van der Waals surface area (Å²) in [4.78, 5) is 13.2. The summed E-state index contributed by atoms with van der Waals surface area (Å²) in [6, 6.07) is -0.200. The first-order valence-corrected chi connectivity index (χ1v) is 8.72. The molecule has 0 bridgehead atoms.